The Balaban J connectivity index is 2.52. The molecular weight excluding hydrogens is 154 g/mol. The lowest BCUT2D eigenvalue weighted by Crippen LogP contribution is -2.08. The van der Waals surface area contributed by atoms with Crippen LogP contribution < -0.4 is 5.32 Å². The quantitative estimate of drug-likeness (QED) is 0.697. The first kappa shape index (κ1) is 9.06. The van der Waals surface area contributed by atoms with Gasteiger partial charge < -0.3 is 10.4 Å². The minimum atomic E-state index is 0.128. The number of aliphatic hydroxyl groups is 1. The van der Waals surface area contributed by atoms with E-state index in [2.05, 4.69) is 24.3 Å². The summed E-state index contributed by atoms with van der Waals surface area (Å²) in [6.45, 7) is 4.83. The van der Waals surface area contributed by atoms with E-state index in [0.717, 1.165) is 5.69 Å². The van der Waals surface area contributed by atoms with Gasteiger partial charge in [0.15, 0.2) is 0 Å². The van der Waals surface area contributed by atoms with Crippen molar-refractivity contribution in [2.24, 2.45) is 0 Å². The summed E-state index contributed by atoms with van der Waals surface area (Å²) in [5.74, 6) is 0. The molecule has 4 nitrogen and oxygen atoms in total. The molecule has 0 aliphatic heterocycles. The maximum Gasteiger partial charge on any atom is 0.0728 e. The van der Waals surface area contributed by atoms with Gasteiger partial charge in [-0.3, -0.25) is 4.68 Å². The van der Waals surface area contributed by atoms with Crippen LogP contribution in [0.25, 0.3) is 0 Å². The van der Waals surface area contributed by atoms with Crippen molar-refractivity contribution in [2.45, 2.75) is 26.4 Å². The molecule has 0 saturated carbocycles. The summed E-state index contributed by atoms with van der Waals surface area (Å²) in [4.78, 5) is 0. The van der Waals surface area contributed by atoms with Crippen molar-refractivity contribution in [3.05, 3.63) is 12.4 Å². The van der Waals surface area contributed by atoms with E-state index in [-0.39, 0.29) is 6.61 Å². The van der Waals surface area contributed by atoms with Crippen LogP contribution in [-0.2, 0) is 6.54 Å². The average Bonchev–Trinajstić information content (AvgIpc) is 2.36. The smallest absolute Gasteiger partial charge is 0.0728 e. The van der Waals surface area contributed by atoms with Crippen molar-refractivity contribution in [3.8, 4) is 0 Å². The number of hydrogen-bond donors (Lipinski definition) is 2. The van der Waals surface area contributed by atoms with Crippen LogP contribution in [0.3, 0.4) is 0 Å². The van der Waals surface area contributed by atoms with E-state index in [1.165, 1.54) is 0 Å². The van der Waals surface area contributed by atoms with Gasteiger partial charge in [-0.15, -0.1) is 0 Å². The van der Waals surface area contributed by atoms with Gasteiger partial charge in [0.05, 0.1) is 25.0 Å². The van der Waals surface area contributed by atoms with Crippen LogP contribution in [0.5, 0.6) is 0 Å². The third-order valence-electron chi connectivity index (χ3n) is 1.42. The normalized spacial score (nSPS) is 10.7. The maximum atomic E-state index is 8.63. The maximum absolute atomic E-state index is 8.63. The molecule has 0 amide bonds. The highest BCUT2D eigenvalue weighted by Gasteiger charge is 1.98. The first-order valence-corrected chi connectivity index (χ1v) is 4.12. The van der Waals surface area contributed by atoms with Crippen LogP contribution in [0.2, 0.25) is 0 Å². The molecule has 0 saturated heterocycles. The number of hydrogen-bond acceptors (Lipinski definition) is 3. The van der Waals surface area contributed by atoms with Gasteiger partial charge in [0.1, 0.15) is 0 Å². The lowest BCUT2D eigenvalue weighted by atomic mass is 10.4. The van der Waals surface area contributed by atoms with E-state index in [1.54, 1.807) is 10.9 Å². The monoisotopic (exact) mass is 169 g/mol. The standard InChI is InChI=1S/C8H15N3O/c1-7(2)10-8-5-9-11(6-8)3-4-12/h5-7,10,12H,3-4H2,1-2H3. The molecule has 0 fully saturated rings. The molecule has 1 heterocycles. The zero-order chi connectivity index (χ0) is 8.97. The molecule has 1 aromatic rings. The molecule has 0 aliphatic rings. The summed E-state index contributed by atoms with van der Waals surface area (Å²) in [5, 5.41) is 15.9. The molecule has 0 aromatic carbocycles. The topological polar surface area (TPSA) is 50.1 Å². The fourth-order valence-electron chi connectivity index (χ4n) is 0.996. The molecule has 12 heavy (non-hydrogen) atoms. The lowest BCUT2D eigenvalue weighted by molar-refractivity contribution is 0.269. The average molecular weight is 169 g/mol. The molecular formula is C8H15N3O. The Morgan fingerprint density at radius 2 is 2.42 bits per heavy atom. The first-order chi connectivity index (χ1) is 5.72. The van der Waals surface area contributed by atoms with Crippen molar-refractivity contribution in [1.29, 1.82) is 0 Å². The Morgan fingerprint density at radius 3 is 3.00 bits per heavy atom. The van der Waals surface area contributed by atoms with E-state index in [9.17, 15) is 0 Å². The minimum absolute atomic E-state index is 0.128. The second-order valence-corrected chi connectivity index (χ2v) is 3.01. The van der Waals surface area contributed by atoms with E-state index in [4.69, 9.17) is 5.11 Å². The fourth-order valence-corrected chi connectivity index (χ4v) is 0.996. The summed E-state index contributed by atoms with van der Waals surface area (Å²) in [7, 11) is 0. The number of nitrogens with one attached hydrogen (secondary N) is 1. The summed E-state index contributed by atoms with van der Waals surface area (Å²) < 4.78 is 1.71. The number of aliphatic hydroxyl groups excluding tert-OH is 1. The molecule has 1 aromatic heterocycles. The molecule has 1 rings (SSSR count). The van der Waals surface area contributed by atoms with Gasteiger partial charge in [0, 0.05) is 12.2 Å². The molecule has 0 unspecified atom stereocenters. The Labute approximate surface area is 72.2 Å². The SMILES string of the molecule is CC(C)Nc1cnn(CCO)c1. The van der Waals surface area contributed by atoms with Crippen LogP contribution in [0.15, 0.2) is 12.4 Å². The fraction of sp³-hybridized carbons (Fsp3) is 0.625. The van der Waals surface area contributed by atoms with Crippen LogP contribution >= 0.6 is 0 Å². The van der Waals surface area contributed by atoms with Crippen LogP contribution in [0.1, 0.15) is 13.8 Å². The van der Waals surface area contributed by atoms with Gasteiger partial charge in [-0.05, 0) is 13.8 Å². The number of anilines is 1. The summed E-state index contributed by atoms with van der Waals surface area (Å²) in [6.07, 6.45) is 3.64. The molecule has 0 aliphatic carbocycles. The Hall–Kier alpha value is -1.03. The Morgan fingerprint density at radius 1 is 1.67 bits per heavy atom. The van der Waals surface area contributed by atoms with E-state index in [0.29, 0.717) is 12.6 Å². The largest absolute Gasteiger partial charge is 0.394 e. The summed E-state index contributed by atoms with van der Waals surface area (Å²) in [5.41, 5.74) is 0.999. The molecule has 0 atom stereocenters. The van der Waals surface area contributed by atoms with Crippen molar-refractivity contribution >= 4 is 5.69 Å². The van der Waals surface area contributed by atoms with Crippen molar-refractivity contribution in [1.82, 2.24) is 9.78 Å². The highest BCUT2D eigenvalue weighted by Crippen LogP contribution is 2.05. The Kier molecular flexibility index (Phi) is 3.10. The van der Waals surface area contributed by atoms with E-state index in [1.807, 2.05) is 6.20 Å². The predicted octanol–water partition coefficient (Wildman–Crippen LogP) is 0.696. The van der Waals surface area contributed by atoms with Gasteiger partial charge in [-0.1, -0.05) is 0 Å². The first-order valence-electron chi connectivity index (χ1n) is 4.12. The molecule has 2 N–H and O–H groups in total. The Bertz CT molecular complexity index is 232. The number of nitrogens with zero attached hydrogens (tertiary/aromatic N) is 2. The second kappa shape index (κ2) is 4.11. The summed E-state index contributed by atoms with van der Waals surface area (Å²) >= 11 is 0. The molecule has 0 bridgehead atoms. The molecule has 68 valence electrons. The van der Waals surface area contributed by atoms with Gasteiger partial charge in [0.25, 0.3) is 0 Å². The van der Waals surface area contributed by atoms with E-state index >= 15 is 0 Å². The van der Waals surface area contributed by atoms with Crippen molar-refractivity contribution in [3.63, 3.8) is 0 Å². The lowest BCUT2D eigenvalue weighted by Gasteiger charge is -2.05. The van der Waals surface area contributed by atoms with Crippen molar-refractivity contribution < 1.29 is 5.11 Å². The number of rotatable bonds is 4. The van der Waals surface area contributed by atoms with Crippen LogP contribution in [-0.4, -0.2) is 27.5 Å². The van der Waals surface area contributed by atoms with Crippen molar-refractivity contribution in [2.75, 3.05) is 11.9 Å². The molecule has 4 heteroatoms. The van der Waals surface area contributed by atoms with Crippen LogP contribution in [0, 0.1) is 0 Å². The third kappa shape index (κ3) is 2.54. The predicted molar refractivity (Wildman–Crippen MR) is 48.1 cm³/mol. The van der Waals surface area contributed by atoms with Gasteiger partial charge in [-0.25, -0.2) is 0 Å². The third-order valence-corrected chi connectivity index (χ3v) is 1.42. The van der Waals surface area contributed by atoms with Crippen LogP contribution in [0.4, 0.5) is 5.69 Å². The summed E-state index contributed by atoms with van der Waals surface area (Å²) in [6, 6.07) is 0.414. The second-order valence-electron chi connectivity index (χ2n) is 3.01. The van der Waals surface area contributed by atoms with Gasteiger partial charge >= 0.3 is 0 Å². The van der Waals surface area contributed by atoms with Gasteiger partial charge in [-0.2, -0.15) is 5.10 Å². The molecule has 0 spiro atoms. The highest BCUT2D eigenvalue weighted by atomic mass is 16.3. The molecule has 0 radical (unpaired) electrons. The zero-order valence-electron chi connectivity index (χ0n) is 7.49. The zero-order valence-corrected chi connectivity index (χ0v) is 7.49. The minimum Gasteiger partial charge on any atom is -0.394 e. The number of aromatic nitrogens is 2. The highest BCUT2D eigenvalue weighted by molar-refractivity contribution is 5.38. The van der Waals surface area contributed by atoms with E-state index < -0.39 is 0 Å². The van der Waals surface area contributed by atoms with Gasteiger partial charge in [0.2, 0.25) is 0 Å².